The average Bonchev–Trinajstić information content (AvgIpc) is 1.89. The molecular weight excluding hydrogens is 155 g/mol. The van der Waals surface area contributed by atoms with E-state index in [4.69, 9.17) is 4.74 Å². The number of hydrogen-bond donors (Lipinski definition) is 1. The molecule has 10 heavy (non-hydrogen) atoms. The summed E-state index contributed by atoms with van der Waals surface area (Å²) in [5.74, 6) is 0.295. The fourth-order valence-electron chi connectivity index (χ4n) is 0.382. The van der Waals surface area contributed by atoms with Crippen molar-refractivity contribution >= 4 is 12.6 Å². The van der Waals surface area contributed by atoms with Crippen LogP contribution in [0.4, 0.5) is 4.39 Å². The van der Waals surface area contributed by atoms with Crippen LogP contribution >= 0.6 is 12.6 Å². The summed E-state index contributed by atoms with van der Waals surface area (Å²) in [6, 6.07) is -0.670. The van der Waals surface area contributed by atoms with E-state index in [0.29, 0.717) is 6.61 Å². The number of rotatable bonds is 4. The maximum Gasteiger partial charge on any atom is 0.310 e. The second kappa shape index (κ2) is 5.41. The minimum atomic E-state index is -0.670. The molecule has 0 heterocycles. The lowest BCUT2D eigenvalue weighted by atomic mass is 10.6. The van der Waals surface area contributed by atoms with Crippen LogP contribution in [0.2, 0.25) is 0 Å². The first-order valence-corrected chi connectivity index (χ1v) is 3.58. The van der Waals surface area contributed by atoms with E-state index in [-0.39, 0.29) is 11.7 Å². The summed E-state index contributed by atoms with van der Waals surface area (Å²) in [7, 11) is 0. The fourth-order valence-corrected chi connectivity index (χ4v) is 0.576. The zero-order valence-corrected chi connectivity index (χ0v) is 6.95. The highest BCUT2D eigenvalue weighted by molar-refractivity contribution is 7.80. The first-order valence-electron chi connectivity index (χ1n) is 2.95. The predicted molar refractivity (Wildman–Crippen MR) is 40.4 cm³/mol. The molecule has 60 valence electrons. The van der Waals surface area contributed by atoms with Gasteiger partial charge in [-0.2, -0.15) is 4.39 Å². The van der Waals surface area contributed by atoms with E-state index in [9.17, 15) is 4.39 Å². The van der Waals surface area contributed by atoms with Crippen LogP contribution in [0.1, 0.15) is 13.8 Å². The van der Waals surface area contributed by atoms with Crippen LogP contribution in [0.3, 0.4) is 0 Å². The van der Waals surface area contributed by atoms with Crippen molar-refractivity contribution in [1.82, 2.24) is 0 Å². The van der Waals surface area contributed by atoms with Crippen LogP contribution in [0.25, 0.3) is 0 Å². The molecule has 0 rings (SSSR count). The molecule has 0 bridgehead atoms. The summed E-state index contributed by atoms with van der Waals surface area (Å²) in [5, 5.41) is 0. The maximum absolute atomic E-state index is 12.5. The van der Waals surface area contributed by atoms with Crippen molar-refractivity contribution in [1.29, 1.82) is 0 Å². The van der Waals surface area contributed by atoms with Crippen LogP contribution < -0.4 is 0 Å². The molecule has 0 fully saturated rings. The first kappa shape index (κ1) is 9.62. The van der Waals surface area contributed by atoms with E-state index in [1.807, 2.05) is 0 Å². The minimum Gasteiger partial charge on any atom is -0.481 e. The molecule has 0 aromatic carbocycles. The summed E-state index contributed by atoms with van der Waals surface area (Å²) >= 11 is 3.74. The summed E-state index contributed by atoms with van der Waals surface area (Å²) in [6.45, 7) is 3.49. The third kappa shape index (κ3) is 3.61. The van der Waals surface area contributed by atoms with E-state index in [2.05, 4.69) is 17.4 Å². The molecule has 0 saturated carbocycles. The molecule has 0 N–H and O–H groups in total. The van der Waals surface area contributed by atoms with Gasteiger partial charge in [0.2, 0.25) is 0 Å². The molecule has 0 radical (unpaired) electrons. The average molecular weight is 166 g/mol. The third-order valence-corrected chi connectivity index (χ3v) is 0.958. The van der Waals surface area contributed by atoms with E-state index in [0.717, 1.165) is 0 Å². The highest BCUT2D eigenvalue weighted by Crippen LogP contribution is 2.08. The Morgan fingerprint density at radius 1 is 1.50 bits per heavy atom. The van der Waals surface area contributed by atoms with Gasteiger partial charge in [-0.25, -0.2) is 0 Å². The Morgan fingerprint density at radius 2 is 2.10 bits per heavy atom. The molecule has 0 aliphatic heterocycles. The summed E-state index contributed by atoms with van der Waals surface area (Å²) in [6.07, 6.45) is 0. The Labute approximate surface area is 65.4 Å². The van der Waals surface area contributed by atoms with E-state index >= 15 is 0 Å². The minimum absolute atomic E-state index is 0.136. The number of ether oxygens (including phenoxy) is 2. The number of allylic oxidation sites excluding steroid dienone is 1. The Kier molecular flexibility index (Phi) is 5.20. The van der Waals surface area contributed by atoms with E-state index in [1.54, 1.807) is 6.92 Å². The predicted octanol–water partition coefficient (Wildman–Crippen LogP) is 2.09. The molecule has 0 unspecified atom stereocenters. The smallest absolute Gasteiger partial charge is 0.310 e. The first-order chi connectivity index (χ1) is 4.72. The van der Waals surface area contributed by atoms with E-state index < -0.39 is 6.01 Å². The van der Waals surface area contributed by atoms with Gasteiger partial charge in [0.15, 0.2) is 5.76 Å². The van der Waals surface area contributed by atoms with Crippen molar-refractivity contribution in [2.24, 2.45) is 0 Å². The summed E-state index contributed by atoms with van der Waals surface area (Å²) in [4.78, 5) is 0. The fraction of sp³-hybridized carbons (Fsp3) is 0.667. The molecule has 4 heteroatoms. The lowest BCUT2D eigenvalue weighted by Crippen LogP contribution is -1.93. The Bertz CT molecular complexity index is 111. The second-order valence-electron chi connectivity index (χ2n) is 1.54. The molecular formula is C6H11FO2S. The van der Waals surface area contributed by atoms with Crippen molar-refractivity contribution in [2.45, 2.75) is 13.8 Å². The molecule has 0 aliphatic carbocycles. The molecule has 0 saturated heterocycles. The van der Waals surface area contributed by atoms with Crippen molar-refractivity contribution in [3.8, 4) is 0 Å². The van der Waals surface area contributed by atoms with Crippen molar-refractivity contribution in [3.05, 3.63) is 11.8 Å². The molecule has 0 aromatic rings. The van der Waals surface area contributed by atoms with Gasteiger partial charge in [-0.15, -0.1) is 12.6 Å². The Hall–Kier alpha value is -0.380. The van der Waals surface area contributed by atoms with Crippen molar-refractivity contribution in [2.75, 3.05) is 12.5 Å². The van der Waals surface area contributed by atoms with Crippen molar-refractivity contribution < 1.29 is 13.9 Å². The van der Waals surface area contributed by atoms with Gasteiger partial charge in [-0.3, -0.25) is 0 Å². The topological polar surface area (TPSA) is 18.5 Å². The van der Waals surface area contributed by atoms with Crippen LogP contribution in [0, 0.1) is 0 Å². The molecule has 0 aliphatic rings. The third-order valence-electron chi connectivity index (χ3n) is 0.829. The Morgan fingerprint density at radius 3 is 2.50 bits per heavy atom. The van der Waals surface area contributed by atoms with Crippen LogP contribution in [0.5, 0.6) is 0 Å². The molecule has 0 atom stereocenters. The highest BCUT2D eigenvalue weighted by Gasteiger charge is 2.00. The van der Waals surface area contributed by atoms with Gasteiger partial charge >= 0.3 is 6.01 Å². The maximum atomic E-state index is 12.5. The number of hydrogen-bond acceptors (Lipinski definition) is 3. The van der Waals surface area contributed by atoms with Crippen LogP contribution in [0.15, 0.2) is 11.8 Å². The lowest BCUT2D eigenvalue weighted by molar-refractivity contribution is 0.123. The SMILES string of the molecule is CCO/C(F)=C(/C)OCS. The largest absolute Gasteiger partial charge is 0.481 e. The molecule has 2 nitrogen and oxygen atoms in total. The van der Waals surface area contributed by atoms with Gasteiger partial charge in [-0.05, 0) is 13.8 Å². The number of thiol groups is 1. The van der Waals surface area contributed by atoms with Gasteiger partial charge in [0, 0.05) is 0 Å². The van der Waals surface area contributed by atoms with Gasteiger partial charge < -0.3 is 9.47 Å². The monoisotopic (exact) mass is 166 g/mol. The van der Waals surface area contributed by atoms with E-state index in [1.165, 1.54) is 6.92 Å². The van der Waals surface area contributed by atoms with Crippen LogP contribution in [-0.4, -0.2) is 12.5 Å². The van der Waals surface area contributed by atoms with Gasteiger partial charge in [0.05, 0.1) is 6.61 Å². The lowest BCUT2D eigenvalue weighted by Gasteiger charge is -2.04. The van der Waals surface area contributed by atoms with Gasteiger partial charge in [-0.1, -0.05) is 0 Å². The quantitative estimate of drug-likeness (QED) is 0.391. The van der Waals surface area contributed by atoms with Crippen LogP contribution in [-0.2, 0) is 9.47 Å². The van der Waals surface area contributed by atoms with Gasteiger partial charge in [0.25, 0.3) is 0 Å². The Balaban J connectivity index is 3.79. The molecule has 0 aromatic heterocycles. The molecule has 0 spiro atoms. The standard InChI is InChI=1S/C6H11FO2S/c1-3-8-6(7)5(2)9-4-10/h10H,3-4H2,1-2H3/b6-5-. The summed E-state index contributed by atoms with van der Waals surface area (Å²) < 4.78 is 21.7. The van der Waals surface area contributed by atoms with Crippen molar-refractivity contribution in [3.63, 3.8) is 0 Å². The molecule has 0 amide bonds. The zero-order valence-electron chi connectivity index (χ0n) is 6.06. The highest BCUT2D eigenvalue weighted by atomic mass is 32.1. The normalized spacial score (nSPS) is 12.4. The zero-order chi connectivity index (χ0) is 7.98. The van der Waals surface area contributed by atoms with Gasteiger partial charge in [0.1, 0.15) is 5.94 Å². The second-order valence-corrected chi connectivity index (χ2v) is 1.79. The summed E-state index contributed by atoms with van der Waals surface area (Å²) in [5.41, 5.74) is 0. The number of halogens is 1.